The van der Waals surface area contributed by atoms with Gasteiger partial charge in [0.05, 0.1) is 12.6 Å². The van der Waals surface area contributed by atoms with Crippen LogP contribution in [0.1, 0.15) is 5.56 Å². The zero-order valence-electron chi connectivity index (χ0n) is 11.9. The average Bonchev–Trinajstić information content (AvgIpc) is 2.98. The van der Waals surface area contributed by atoms with Gasteiger partial charge >= 0.3 is 0 Å². The second kappa shape index (κ2) is 6.35. The lowest BCUT2D eigenvalue weighted by atomic mass is 10.1. The third-order valence-corrected chi connectivity index (χ3v) is 3.11. The van der Waals surface area contributed by atoms with E-state index in [-0.39, 0.29) is 23.8 Å². The first-order valence-electron chi connectivity index (χ1n) is 6.83. The zero-order valence-corrected chi connectivity index (χ0v) is 11.9. The van der Waals surface area contributed by atoms with Crippen molar-refractivity contribution in [1.29, 1.82) is 0 Å². The van der Waals surface area contributed by atoms with Gasteiger partial charge in [-0.15, -0.1) is 5.10 Å². The smallest absolute Gasteiger partial charge is 0.229 e. The summed E-state index contributed by atoms with van der Waals surface area (Å²) in [5.74, 6) is -1.52. The molecule has 1 aromatic carbocycles. The summed E-state index contributed by atoms with van der Waals surface area (Å²) in [5, 5.41) is 6.63. The highest BCUT2D eigenvalue weighted by Crippen LogP contribution is 2.14. The Morgan fingerprint density at radius 3 is 2.74 bits per heavy atom. The minimum absolute atomic E-state index is 0.0824. The van der Waals surface area contributed by atoms with Crippen molar-refractivity contribution < 1.29 is 13.6 Å². The van der Waals surface area contributed by atoms with Gasteiger partial charge in [0.15, 0.2) is 11.6 Å². The second-order valence-electron chi connectivity index (χ2n) is 4.81. The van der Waals surface area contributed by atoms with Crippen LogP contribution >= 0.6 is 0 Å². The molecule has 0 saturated carbocycles. The van der Waals surface area contributed by atoms with E-state index in [1.165, 1.54) is 12.3 Å². The Labute approximate surface area is 130 Å². The number of halogens is 2. The maximum atomic E-state index is 13.6. The van der Waals surface area contributed by atoms with Crippen LogP contribution in [0.3, 0.4) is 0 Å². The summed E-state index contributed by atoms with van der Waals surface area (Å²) in [7, 11) is 0. The number of aromatic nitrogens is 3. The third-order valence-electron chi connectivity index (χ3n) is 3.11. The highest BCUT2D eigenvalue weighted by atomic mass is 19.1. The van der Waals surface area contributed by atoms with Crippen molar-refractivity contribution in [3.63, 3.8) is 0 Å². The topological polar surface area (TPSA) is 59.8 Å². The van der Waals surface area contributed by atoms with Crippen LogP contribution < -0.4 is 5.32 Å². The van der Waals surface area contributed by atoms with Crippen LogP contribution in [-0.2, 0) is 11.2 Å². The van der Waals surface area contributed by atoms with Gasteiger partial charge < -0.3 is 5.32 Å². The Morgan fingerprint density at radius 2 is 1.96 bits per heavy atom. The summed E-state index contributed by atoms with van der Waals surface area (Å²) in [4.78, 5) is 15.2. The number of carbonyl (C=O) groups is 1. The molecule has 0 fully saturated rings. The Morgan fingerprint density at radius 1 is 1.17 bits per heavy atom. The van der Waals surface area contributed by atoms with Gasteiger partial charge in [-0.1, -0.05) is 30.3 Å². The molecule has 0 spiro atoms. The van der Waals surface area contributed by atoms with Gasteiger partial charge in [-0.2, -0.15) is 4.39 Å². The lowest BCUT2D eigenvalue weighted by molar-refractivity contribution is -0.115. The van der Waals surface area contributed by atoms with Crippen molar-refractivity contribution >= 4 is 11.7 Å². The van der Waals surface area contributed by atoms with Gasteiger partial charge in [0, 0.05) is 18.3 Å². The fourth-order valence-corrected chi connectivity index (χ4v) is 2.07. The maximum Gasteiger partial charge on any atom is 0.229 e. The highest BCUT2D eigenvalue weighted by molar-refractivity contribution is 5.91. The Hall–Kier alpha value is -3.09. The first kappa shape index (κ1) is 14.8. The molecule has 1 N–H and O–H groups in total. The Bertz CT molecular complexity index is 833. The van der Waals surface area contributed by atoms with Crippen molar-refractivity contribution in [3.05, 3.63) is 72.2 Å². The molecule has 0 saturated heterocycles. The van der Waals surface area contributed by atoms with E-state index >= 15 is 0 Å². The monoisotopic (exact) mass is 314 g/mol. The summed E-state index contributed by atoms with van der Waals surface area (Å²) >= 11 is 0. The predicted octanol–water partition coefficient (Wildman–Crippen LogP) is 2.73. The molecule has 23 heavy (non-hydrogen) atoms. The summed E-state index contributed by atoms with van der Waals surface area (Å²) < 4.78 is 27.9. The molecule has 2 heterocycles. The number of rotatable bonds is 4. The molecule has 0 bridgehead atoms. The third kappa shape index (κ3) is 3.57. The van der Waals surface area contributed by atoms with E-state index in [2.05, 4.69) is 15.4 Å². The van der Waals surface area contributed by atoms with Gasteiger partial charge in [0.1, 0.15) is 5.69 Å². The summed E-state index contributed by atoms with van der Waals surface area (Å²) in [6.45, 7) is 0. The Balaban J connectivity index is 1.72. The number of nitrogens with zero attached hydrogens (tertiary/aromatic N) is 3. The van der Waals surface area contributed by atoms with E-state index in [9.17, 15) is 13.6 Å². The molecule has 0 unspecified atom stereocenters. The van der Waals surface area contributed by atoms with Crippen molar-refractivity contribution in [2.75, 3.05) is 5.32 Å². The molecule has 3 rings (SSSR count). The van der Waals surface area contributed by atoms with E-state index in [4.69, 9.17) is 0 Å². The number of hydrogen-bond donors (Lipinski definition) is 1. The van der Waals surface area contributed by atoms with Crippen LogP contribution in [0.2, 0.25) is 0 Å². The first-order valence-corrected chi connectivity index (χ1v) is 6.83. The van der Waals surface area contributed by atoms with Crippen molar-refractivity contribution in [1.82, 2.24) is 14.8 Å². The molecule has 2 aromatic heterocycles. The molecule has 7 heteroatoms. The van der Waals surface area contributed by atoms with E-state index in [1.54, 1.807) is 0 Å². The van der Waals surface area contributed by atoms with Crippen molar-refractivity contribution in [3.8, 4) is 5.69 Å². The molecule has 3 aromatic rings. The van der Waals surface area contributed by atoms with Gasteiger partial charge in [-0.05, 0) is 5.56 Å². The molecule has 5 nitrogen and oxygen atoms in total. The van der Waals surface area contributed by atoms with E-state index < -0.39 is 11.8 Å². The zero-order chi connectivity index (χ0) is 16.2. The fourth-order valence-electron chi connectivity index (χ4n) is 2.07. The van der Waals surface area contributed by atoms with Gasteiger partial charge in [-0.25, -0.2) is 14.1 Å². The minimum atomic E-state index is -0.813. The number of nitrogens with one attached hydrogen (secondary N) is 1. The number of anilines is 1. The van der Waals surface area contributed by atoms with Crippen LogP contribution in [0.4, 0.5) is 14.6 Å². The standard InChI is InChI=1S/C16H12F2N4O/c17-12-10-19-14(18)9-13(12)22-7-6-15(21-22)20-16(23)8-11-4-2-1-3-5-11/h1-7,9-10H,8H2,(H,20,21,23). The maximum absolute atomic E-state index is 13.6. The largest absolute Gasteiger partial charge is 0.309 e. The van der Waals surface area contributed by atoms with E-state index in [0.717, 1.165) is 22.5 Å². The molecule has 0 atom stereocenters. The summed E-state index contributed by atoms with van der Waals surface area (Å²) in [6, 6.07) is 11.7. The first-order chi connectivity index (χ1) is 11.1. The SMILES string of the molecule is O=C(Cc1ccccc1)Nc1ccn(-c2cc(F)ncc2F)n1. The molecule has 0 aliphatic heterocycles. The normalized spacial score (nSPS) is 10.5. The summed E-state index contributed by atoms with van der Waals surface area (Å²) in [5.41, 5.74) is 0.785. The van der Waals surface area contributed by atoms with Crippen LogP contribution in [0.5, 0.6) is 0 Å². The summed E-state index contributed by atoms with van der Waals surface area (Å²) in [6.07, 6.45) is 2.40. The molecule has 0 aliphatic carbocycles. The van der Waals surface area contributed by atoms with Crippen molar-refractivity contribution in [2.24, 2.45) is 0 Å². The van der Waals surface area contributed by atoms with Gasteiger partial charge in [0.2, 0.25) is 11.9 Å². The number of carbonyl (C=O) groups excluding carboxylic acids is 1. The van der Waals surface area contributed by atoms with Crippen LogP contribution in [0, 0.1) is 11.8 Å². The molecular formula is C16H12F2N4O. The van der Waals surface area contributed by atoms with Gasteiger partial charge in [0.25, 0.3) is 0 Å². The van der Waals surface area contributed by atoms with Crippen LogP contribution in [0.15, 0.2) is 54.9 Å². The lowest BCUT2D eigenvalue weighted by Crippen LogP contribution is -2.15. The number of benzene rings is 1. The lowest BCUT2D eigenvalue weighted by Gasteiger charge is -2.04. The number of amides is 1. The molecule has 116 valence electrons. The number of hydrogen-bond acceptors (Lipinski definition) is 3. The van der Waals surface area contributed by atoms with Crippen LogP contribution in [-0.4, -0.2) is 20.7 Å². The molecular weight excluding hydrogens is 302 g/mol. The fraction of sp³-hybridized carbons (Fsp3) is 0.0625. The highest BCUT2D eigenvalue weighted by Gasteiger charge is 2.10. The second-order valence-corrected chi connectivity index (χ2v) is 4.81. The minimum Gasteiger partial charge on any atom is -0.309 e. The van der Waals surface area contributed by atoms with E-state index in [0.29, 0.717) is 0 Å². The number of pyridine rings is 1. The predicted molar refractivity (Wildman–Crippen MR) is 80.1 cm³/mol. The van der Waals surface area contributed by atoms with Crippen LogP contribution in [0.25, 0.3) is 5.69 Å². The molecule has 1 amide bonds. The van der Waals surface area contributed by atoms with E-state index in [1.807, 2.05) is 30.3 Å². The quantitative estimate of drug-likeness (QED) is 0.753. The average molecular weight is 314 g/mol. The Kier molecular flexibility index (Phi) is 4.09. The molecule has 0 radical (unpaired) electrons. The van der Waals surface area contributed by atoms with Gasteiger partial charge in [-0.3, -0.25) is 4.79 Å². The van der Waals surface area contributed by atoms with Crippen molar-refractivity contribution in [2.45, 2.75) is 6.42 Å². The molecule has 0 aliphatic rings.